The fourth-order valence-electron chi connectivity index (χ4n) is 3.82. The first kappa shape index (κ1) is 22.5. The van der Waals surface area contributed by atoms with Crippen molar-refractivity contribution in [3.8, 4) is 0 Å². The maximum Gasteiger partial charge on any atom is 0.251 e. The second-order valence-electron chi connectivity index (χ2n) is 8.33. The number of likely N-dealkylation sites (N-methyl/N-ethyl adjacent to an activating group) is 1. The summed E-state index contributed by atoms with van der Waals surface area (Å²) < 4.78 is 27.4. The van der Waals surface area contributed by atoms with E-state index in [1.807, 2.05) is 49.3 Å². The van der Waals surface area contributed by atoms with Crippen molar-refractivity contribution in [3.05, 3.63) is 65.7 Å². The van der Waals surface area contributed by atoms with E-state index >= 15 is 0 Å². The van der Waals surface area contributed by atoms with Gasteiger partial charge in [-0.25, -0.2) is 8.42 Å². The first-order chi connectivity index (χ1) is 14.3. The summed E-state index contributed by atoms with van der Waals surface area (Å²) in [5, 5.41) is 3.07. The molecule has 162 valence electrons. The molecule has 1 aliphatic rings. The number of carbonyl (C=O) groups excluding carboxylic acids is 1. The fraction of sp³-hybridized carbons (Fsp3) is 0.435. The molecule has 1 aliphatic heterocycles. The number of nitrogens with zero attached hydrogens (tertiary/aromatic N) is 2. The summed E-state index contributed by atoms with van der Waals surface area (Å²) in [6, 6.07) is 15.9. The van der Waals surface area contributed by atoms with Crippen molar-refractivity contribution in [2.45, 2.75) is 30.7 Å². The molecule has 2 aromatic rings. The molecule has 0 aliphatic carbocycles. The van der Waals surface area contributed by atoms with Crippen LogP contribution in [0, 0.1) is 5.92 Å². The van der Waals surface area contributed by atoms with Crippen LogP contribution in [0.15, 0.2) is 59.5 Å². The number of carbonyl (C=O) groups is 1. The van der Waals surface area contributed by atoms with Crippen molar-refractivity contribution in [1.29, 1.82) is 0 Å². The monoisotopic (exact) mass is 429 g/mol. The molecular weight excluding hydrogens is 398 g/mol. The second kappa shape index (κ2) is 9.73. The molecule has 1 heterocycles. The lowest BCUT2D eigenvalue weighted by Crippen LogP contribution is -2.39. The van der Waals surface area contributed by atoms with Gasteiger partial charge >= 0.3 is 0 Å². The van der Waals surface area contributed by atoms with Crippen molar-refractivity contribution in [2.75, 3.05) is 33.7 Å². The summed E-state index contributed by atoms with van der Waals surface area (Å²) in [5.41, 5.74) is 1.47. The molecule has 6 nitrogen and oxygen atoms in total. The Morgan fingerprint density at radius 3 is 2.40 bits per heavy atom. The van der Waals surface area contributed by atoms with Gasteiger partial charge < -0.3 is 10.2 Å². The molecule has 0 saturated carbocycles. The Hall–Kier alpha value is -2.22. The van der Waals surface area contributed by atoms with Gasteiger partial charge in [0, 0.05) is 25.2 Å². The average Bonchev–Trinajstić information content (AvgIpc) is 2.73. The topological polar surface area (TPSA) is 69.7 Å². The fourth-order valence-corrected chi connectivity index (χ4v) is 5.42. The molecule has 1 amide bonds. The normalized spacial score (nSPS) is 18.9. The number of piperidine rings is 1. The van der Waals surface area contributed by atoms with Crippen LogP contribution in [-0.4, -0.2) is 57.3 Å². The van der Waals surface area contributed by atoms with Gasteiger partial charge in [-0.3, -0.25) is 4.79 Å². The molecule has 0 aromatic heterocycles. The molecule has 7 heteroatoms. The Balaban J connectivity index is 1.74. The molecule has 0 spiro atoms. The zero-order valence-corrected chi connectivity index (χ0v) is 18.7. The summed E-state index contributed by atoms with van der Waals surface area (Å²) >= 11 is 0. The van der Waals surface area contributed by atoms with Crippen LogP contribution in [0.5, 0.6) is 0 Å². The third kappa shape index (κ3) is 5.47. The molecule has 30 heavy (non-hydrogen) atoms. The van der Waals surface area contributed by atoms with Crippen LogP contribution in [0.3, 0.4) is 0 Å². The van der Waals surface area contributed by atoms with Crippen LogP contribution in [0.1, 0.15) is 41.7 Å². The van der Waals surface area contributed by atoms with Crippen molar-refractivity contribution >= 4 is 15.9 Å². The standard InChI is InChI=1S/C23H31N3O3S/c1-18-8-7-15-26(16-18)30(28,29)21-13-11-20(12-14-21)23(27)24-22(17-25(2)3)19-9-5-4-6-10-19/h4-6,9-14,18,22H,7-8,15-17H2,1-3H3,(H,24,27)/t18-,22+/m1/s1. The predicted molar refractivity (Wildman–Crippen MR) is 119 cm³/mol. The molecule has 0 bridgehead atoms. The summed E-state index contributed by atoms with van der Waals surface area (Å²) in [6.45, 7) is 3.84. The Labute approximate surface area is 179 Å². The summed E-state index contributed by atoms with van der Waals surface area (Å²) in [6.07, 6.45) is 1.94. The van der Waals surface area contributed by atoms with E-state index < -0.39 is 10.0 Å². The Morgan fingerprint density at radius 2 is 1.80 bits per heavy atom. The van der Waals surface area contributed by atoms with Gasteiger partial charge in [0.05, 0.1) is 10.9 Å². The highest BCUT2D eigenvalue weighted by Gasteiger charge is 2.28. The van der Waals surface area contributed by atoms with E-state index in [1.165, 1.54) is 12.1 Å². The molecule has 2 aromatic carbocycles. The number of hydrogen-bond acceptors (Lipinski definition) is 4. The average molecular weight is 430 g/mol. The number of rotatable bonds is 7. The maximum absolute atomic E-state index is 12.9. The number of amides is 1. The Morgan fingerprint density at radius 1 is 1.13 bits per heavy atom. The van der Waals surface area contributed by atoms with Crippen LogP contribution in [0.4, 0.5) is 0 Å². The lowest BCUT2D eigenvalue weighted by Gasteiger charge is -2.30. The molecule has 1 saturated heterocycles. The van der Waals surface area contributed by atoms with E-state index in [2.05, 4.69) is 12.2 Å². The van der Waals surface area contributed by atoms with Crippen LogP contribution in [0.25, 0.3) is 0 Å². The zero-order valence-electron chi connectivity index (χ0n) is 17.9. The molecule has 1 fully saturated rings. The lowest BCUT2D eigenvalue weighted by atomic mass is 10.0. The van der Waals surface area contributed by atoms with Crippen molar-refractivity contribution in [2.24, 2.45) is 5.92 Å². The molecule has 3 rings (SSSR count). The number of benzene rings is 2. The third-order valence-corrected chi connectivity index (χ3v) is 7.31. The van der Waals surface area contributed by atoms with Gasteiger partial charge in [-0.15, -0.1) is 0 Å². The van der Waals surface area contributed by atoms with E-state index in [0.29, 0.717) is 31.1 Å². The summed E-state index contributed by atoms with van der Waals surface area (Å²) in [4.78, 5) is 15.1. The first-order valence-electron chi connectivity index (χ1n) is 10.4. The van der Waals surface area contributed by atoms with Gasteiger partial charge in [0.15, 0.2) is 0 Å². The largest absolute Gasteiger partial charge is 0.344 e. The highest BCUT2D eigenvalue weighted by Crippen LogP contribution is 2.24. The predicted octanol–water partition coefficient (Wildman–Crippen LogP) is 3.14. The van der Waals surface area contributed by atoms with Crippen LogP contribution in [0.2, 0.25) is 0 Å². The summed E-state index contributed by atoms with van der Waals surface area (Å²) in [7, 11) is 0.399. The third-order valence-electron chi connectivity index (χ3n) is 5.43. The molecule has 0 radical (unpaired) electrons. The highest BCUT2D eigenvalue weighted by atomic mass is 32.2. The number of sulfonamides is 1. The van der Waals surface area contributed by atoms with Crippen molar-refractivity contribution < 1.29 is 13.2 Å². The highest BCUT2D eigenvalue weighted by molar-refractivity contribution is 7.89. The minimum absolute atomic E-state index is 0.160. The van der Waals surface area contributed by atoms with Gasteiger partial charge in [-0.2, -0.15) is 4.31 Å². The van der Waals surface area contributed by atoms with E-state index in [-0.39, 0.29) is 16.8 Å². The van der Waals surface area contributed by atoms with Gasteiger partial charge in [0.2, 0.25) is 10.0 Å². The van der Waals surface area contributed by atoms with Crippen LogP contribution in [-0.2, 0) is 10.0 Å². The second-order valence-corrected chi connectivity index (χ2v) is 10.3. The van der Waals surface area contributed by atoms with E-state index in [9.17, 15) is 13.2 Å². The Bertz CT molecular complexity index is 943. The van der Waals surface area contributed by atoms with Crippen molar-refractivity contribution in [1.82, 2.24) is 14.5 Å². The van der Waals surface area contributed by atoms with Crippen LogP contribution < -0.4 is 5.32 Å². The van der Waals surface area contributed by atoms with Gasteiger partial charge in [0.25, 0.3) is 5.91 Å². The van der Waals surface area contributed by atoms with Crippen molar-refractivity contribution in [3.63, 3.8) is 0 Å². The lowest BCUT2D eigenvalue weighted by molar-refractivity contribution is 0.0930. The smallest absolute Gasteiger partial charge is 0.251 e. The summed E-state index contributed by atoms with van der Waals surface area (Å²) in [5.74, 6) is 0.145. The zero-order chi connectivity index (χ0) is 21.7. The number of nitrogens with one attached hydrogen (secondary N) is 1. The van der Waals surface area contributed by atoms with E-state index in [1.54, 1.807) is 16.4 Å². The van der Waals surface area contributed by atoms with E-state index in [0.717, 1.165) is 18.4 Å². The maximum atomic E-state index is 12.9. The number of hydrogen-bond donors (Lipinski definition) is 1. The molecular formula is C23H31N3O3S. The first-order valence-corrected chi connectivity index (χ1v) is 11.8. The SMILES string of the molecule is C[C@@H]1CCCN(S(=O)(=O)c2ccc(C(=O)N[C@@H](CN(C)C)c3ccccc3)cc2)C1. The van der Waals surface area contributed by atoms with E-state index in [4.69, 9.17) is 0 Å². The van der Waals surface area contributed by atoms with Gasteiger partial charge in [-0.1, -0.05) is 37.3 Å². The molecule has 0 unspecified atom stereocenters. The minimum Gasteiger partial charge on any atom is -0.344 e. The quantitative estimate of drug-likeness (QED) is 0.734. The van der Waals surface area contributed by atoms with Gasteiger partial charge in [-0.05, 0) is 62.7 Å². The molecule has 1 N–H and O–H groups in total. The Kier molecular flexibility index (Phi) is 7.28. The molecule has 2 atom stereocenters. The minimum atomic E-state index is -3.52. The van der Waals surface area contributed by atoms with Crippen LogP contribution >= 0.6 is 0 Å². The van der Waals surface area contributed by atoms with Gasteiger partial charge in [0.1, 0.15) is 0 Å².